The van der Waals surface area contributed by atoms with E-state index in [2.05, 4.69) is 23.2 Å². The number of rotatable bonds is 6. The summed E-state index contributed by atoms with van der Waals surface area (Å²) in [5.74, 6) is 0.318. The molecule has 0 bridgehead atoms. The van der Waals surface area contributed by atoms with Gasteiger partial charge >= 0.3 is 0 Å². The molecule has 5 heteroatoms. The molecule has 1 aliphatic rings. The van der Waals surface area contributed by atoms with E-state index in [1.807, 2.05) is 25.1 Å². The van der Waals surface area contributed by atoms with Gasteiger partial charge in [0.05, 0.1) is 6.61 Å². The molecule has 1 heterocycles. The second kappa shape index (κ2) is 9.09. The maximum atomic E-state index is 12.5. The normalized spacial score (nSPS) is 13.9. The van der Waals surface area contributed by atoms with Crippen molar-refractivity contribution in [2.24, 2.45) is 0 Å². The van der Waals surface area contributed by atoms with Crippen LogP contribution in [0.3, 0.4) is 0 Å². The Hall–Kier alpha value is -3.26. The third-order valence-corrected chi connectivity index (χ3v) is 4.77. The number of carbonyl (C=O) groups excluding carboxylic acids is 1. The van der Waals surface area contributed by atoms with Crippen molar-refractivity contribution in [3.8, 4) is 11.8 Å². The summed E-state index contributed by atoms with van der Waals surface area (Å²) < 4.78 is 5.39. The highest BCUT2D eigenvalue weighted by molar-refractivity contribution is 6.09. The molecule has 0 saturated carbocycles. The van der Waals surface area contributed by atoms with Crippen LogP contribution in [0.4, 0.5) is 11.4 Å². The topological polar surface area (TPSA) is 65.4 Å². The number of nitrogens with one attached hydrogen (secondary N) is 1. The van der Waals surface area contributed by atoms with Crippen molar-refractivity contribution in [1.29, 1.82) is 5.26 Å². The van der Waals surface area contributed by atoms with E-state index in [-0.39, 0.29) is 5.57 Å². The fourth-order valence-electron chi connectivity index (χ4n) is 3.40. The molecule has 2 aromatic rings. The molecule has 1 aliphatic heterocycles. The van der Waals surface area contributed by atoms with E-state index < -0.39 is 5.91 Å². The van der Waals surface area contributed by atoms with Crippen molar-refractivity contribution in [2.75, 3.05) is 29.9 Å². The van der Waals surface area contributed by atoms with E-state index in [4.69, 9.17) is 4.74 Å². The van der Waals surface area contributed by atoms with Crippen LogP contribution in [0.2, 0.25) is 0 Å². The zero-order valence-corrected chi connectivity index (χ0v) is 16.4. The van der Waals surface area contributed by atoms with Crippen LogP contribution in [0.1, 0.15) is 30.9 Å². The number of hydrogen-bond acceptors (Lipinski definition) is 4. The third-order valence-electron chi connectivity index (χ3n) is 4.77. The Morgan fingerprint density at radius 2 is 1.93 bits per heavy atom. The lowest BCUT2D eigenvalue weighted by Crippen LogP contribution is -2.18. The van der Waals surface area contributed by atoms with Gasteiger partial charge in [-0.1, -0.05) is 6.07 Å². The molecule has 1 amide bonds. The molecule has 1 fully saturated rings. The van der Waals surface area contributed by atoms with Crippen LogP contribution < -0.4 is 15.0 Å². The number of ether oxygens (including phenoxy) is 1. The number of carbonyl (C=O) groups is 1. The summed E-state index contributed by atoms with van der Waals surface area (Å²) in [4.78, 5) is 14.9. The van der Waals surface area contributed by atoms with Crippen molar-refractivity contribution in [2.45, 2.75) is 26.7 Å². The molecule has 0 aromatic heterocycles. The molecule has 0 atom stereocenters. The first-order chi connectivity index (χ1) is 13.6. The maximum absolute atomic E-state index is 12.5. The Kier molecular flexibility index (Phi) is 6.33. The van der Waals surface area contributed by atoms with Gasteiger partial charge in [0.25, 0.3) is 5.91 Å². The summed E-state index contributed by atoms with van der Waals surface area (Å²) >= 11 is 0. The van der Waals surface area contributed by atoms with Gasteiger partial charge in [0.15, 0.2) is 0 Å². The van der Waals surface area contributed by atoms with E-state index in [9.17, 15) is 10.1 Å². The smallest absolute Gasteiger partial charge is 0.266 e. The molecule has 1 saturated heterocycles. The van der Waals surface area contributed by atoms with Crippen molar-refractivity contribution in [1.82, 2.24) is 0 Å². The molecule has 3 rings (SSSR count). The fourth-order valence-corrected chi connectivity index (χ4v) is 3.40. The van der Waals surface area contributed by atoms with Crippen LogP contribution in [-0.4, -0.2) is 25.6 Å². The lowest BCUT2D eigenvalue weighted by Gasteiger charge is -2.20. The largest absolute Gasteiger partial charge is 0.494 e. The summed E-state index contributed by atoms with van der Waals surface area (Å²) in [6, 6.07) is 15.2. The third kappa shape index (κ3) is 4.72. The first-order valence-corrected chi connectivity index (χ1v) is 9.62. The summed E-state index contributed by atoms with van der Waals surface area (Å²) in [6.07, 6.45) is 4.08. The van der Waals surface area contributed by atoms with E-state index in [1.165, 1.54) is 18.5 Å². The predicted octanol–water partition coefficient (Wildman–Crippen LogP) is 4.54. The van der Waals surface area contributed by atoms with Crippen molar-refractivity contribution in [3.63, 3.8) is 0 Å². The fraction of sp³-hybridized carbons (Fsp3) is 0.304. The zero-order chi connectivity index (χ0) is 19.9. The van der Waals surface area contributed by atoms with Gasteiger partial charge in [0, 0.05) is 24.5 Å². The van der Waals surface area contributed by atoms with Gasteiger partial charge in [-0.05, 0) is 80.3 Å². The van der Waals surface area contributed by atoms with E-state index in [1.54, 1.807) is 30.3 Å². The SMILES string of the molecule is CCOc1ccc(NC(=O)/C(C#N)=C/c2ccc(N3CCCC3)c(C)c2)cc1. The molecule has 28 heavy (non-hydrogen) atoms. The van der Waals surface area contributed by atoms with Crippen molar-refractivity contribution >= 4 is 23.4 Å². The highest BCUT2D eigenvalue weighted by atomic mass is 16.5. The lowest BCUT2D eigenvalue weighted by molar-refractivity contribution is -0.112. The van der Waals surface area contributed by atoms with Gasteiger partial charge in [-0.15, -0.1) is 0 Å². The summed E-state index contributed by atoms with van der Waals surface area (Å²) in [6.45, 7) is 6.74. The van der Waals surface area contributed by atoms with Crippen LogP contribution in [0.5, 0.6) is 5.75 Å². The average Bonchev–Trinajstić information content (AvgIpc) is 3.22. The Balaban J connectivity index is 1.72. The van der Waals surface area contributed by atoms with E-state index >= 15 is 0 Å². The number of anilines is 2. The molecule has 0 aliphatic carbocycles. The number of aryl methyl sites for hydroxylation is 1. The van der Waals surface area contributed by atoms with E-state index in [0.29, 0.717) is 12.3 Å². The Morgan fingerprint density at radius 1 is 1.21 bits per heavy atom. The summed E-state index contributed by atoms with van der Waals surface area (Å²) in [7, 11) is 0. The number of benzene rings is 2. The highest BCUT2D eigenvalue weighted by Crippen LogP contribution is 2.26. The number of nitriles is 1. The molecule has 0 radical (unpaired) electrons. The minimum atomic E-state index is -0.423. The van der Waals surface area contributed by atoms with Gasteiger partial charge < -0.3 is 15.0 Å². The van der Waals surface area contributed by atoms with Gasteiger partial charge in [0.2, 0.25) is 0 Å². The molecular formula is C23H25N3O2. The Labute approximate surface area is 166 Å². The molecule has 0 unspecified atom stereocenters. The molecule has 144 valence electrons. The average molecular weight is 375 g/mol. The molecule has 1 N–H and O–H groups in total. The van der Waals surface area contributed by atoms with Crippen LogP contribution >= 0.6 is 0 Å². The predicted molar refractivity (Wildman–Crippen MR) is 112 cm³/mol. The second-order valence-electron chi connectivity index (χ2n) is 6.82. The zero-order valence-electron chi connectivity index (χ0n) is 16.4. The monoisotopic (exact) mass is 375 g/mol. The number of amides is 1. The second-order valence-corrected chi connectivity index (χ2v) is 6.82. The van der Waals surface area contributed by atoms with Gasteiger partial charge in [0.1, 0.15) is 17.4 Å². The molecule has 2 aromatic carbocycles. The molecule has 0 spiro atoms. The van der Waals surface area contributed by atoms with E-state index in [0.717, 1.165) is 30.0 Å². The summed E-state index contributed by atoms with van der Waals surface area (Å²) in [5, 5.41) is 12.2. The summed E-state index contributed by atoms with van der Waals surface area (Å²) in [5.41, 5.74) is 3.92. The molecule has 5 nitrogen and oxygen atoms in total. The highest BCUT2D eigenvalue weighted by Gasteiger charge is 2.15. The van der Waals surface area contributed by atoms with Crippen LogP contribution in [0.15, 0.2) is 48.0 Å². The van der Waals surface area contributed by atoms with Crippen LogP contribution in [-0.2, 0) is 4.79 Å². The molecular weight excluding hydrogens is 350 g/mol. The van der Waals surface area contributed by atoms with Gasteiger partial charge in [-0.25, -0.2) is 0 Å². The minimum absolute atomic E-state index is 0.0715. The van der Waals surface area contributed by atoms with Gasteiger partial charge in [-0.2, -0.15) is 5.26 Å². The number of hydrogen-bond donors (Lipinski definition) is 1. The van der Waals surface area contributed by atoms with Crippen LogP contribution in [0, 0.1) is 18.3 Å². The lowest BCUT2D eigenvalue weighted by atomic mass is 10.1. The first-order valence-electron chi connectivity index (χ1n) is 9.62. The van der Waals surface area contributed by atoms with Crippen molar-refractivity contribution in [3.05, 3.63) is 59.2 Å². The first kappa shape index (κ1) is 19.5. The van der Waals surface area contributed by atoms with Crippen molar-refractivity contribution < 1.29 is 9.53 Å². The maximum Gasteiger partial charge on any atom is 0.266 e. The minimum Gasteiger partial charge on any atom is -0.494 e. The number of nitrogens with zero attached hydrogens (tertiary/aromatic N) is 2. The Morgan fingerprint density at radius 3 is 2.54 bits per heavy atom. The standard InChI is InChI=1S/C23H25N3O2/c1-3-28-21-9-7-20(8-10-21)25-23(27)19(16-24)15-18-6-11-22(17(2)14-18)26-12-4-5-13-26/h6-11,14-15H,3-5,12-13H2,1-2H3,(H,25,27)/b19-15+. The van der Waals surface area contributed by atoms with Crippen LogP contribution in [0.25, 0.3) is 6.08 Å². The Bertz CT molecular complexity index is 904. The van der Waals surface area contributed by atoms with Gasteiger partial charge in [-0.3, -0.25) is 4.79 Å². The quantitative estimate of drug-likeness (QED) is 0.595.